The molecule has 0 atom stereocenters. The van der Waals surface area contributed by atoms with Gasteiger partial charge in [0.15, 0.2) is 5.82 Å². The maximum Gasteiger partial charge on any atom is 0.252 e. The van der Waals surface area contributed by atoms with Crippen LogP contribution in [-0.4, -0.2) is 16.7 Å². The molecule has 0 saturated carbocycles. The van der Waals surface area contributed by atoms with Gasteiger partial charge in [-0.2, -0.15) is 0 Å². The van der Waals surface area contributed by atoms with E-state index >= 15 is 0 Å². The maximum atomic E-state index is 5.48. The first-order valence-corrected chi connectivity index (χ1v) is 24.8. The van der Waals surface area contributed by atoms with Crippen LogP contribution in [0, 0.1) is 0 Å². The number of fused-ring (bicyclic) bond motifs is 4. The van der Waals surface area contributed by atoms with Crippen molar-refractivity contribution in [3.05, 3.63) is 236 Å². The molecule has 2 aliphatic heterocycles. The molecule has 0 saturated heterocycles. The molecule has 5 heteroatoms. The largest absolute Gasteiger partial charge is 0.311 e. The van der Waals surface area contributed by atoms with Crippen molar-refractivity contribution >= 4 is 57.2 Å². The highest BCUT2D eigenvalue weighted by Gasteiger charge is 2.44. The first-order chi connectivity index (χ1) is 34.5. The summed E-state index contributed by atoms with van der Waals surface area (Å²) >= 11 is 0. The van der Waals surface area contributed by atoms with E-state index in [0.717, 1.165) is 62.2 Å². The van der Waals surface area contributed by atoms with Crippen molar-refractivity contribution in [2.24, 2.45) is 0 Å². The molecule has 0 unspecified atom stereocenters. The van der Waals surface area contributed by atoms with Crippen LogP contribution in [-0.2, 0) is 10.8 Å². The van der Waals surface area contributed by atoms with Crippen molar-refractivity contribution in [2.45, 2.75) is 52.4 Å². The van der Waals surface area contributed by atoms with E-state index in [1.165, 1.54) is 49.8 Å². The average molecular weight is 915 g/mol. The third-order valence-electron chi connectivity index (χ3n) is 14.4. The van der Waals surface area contributed by atoms with Crippen LogP contribution in [0.3, 0.4) is 0 Å². The van der Waals surface area contributed by atoms with Crippen LogP contribution in [0.1, 0.15) is 52.7 Å². The summed E-state index contributed by atoms with van der Waals surface area (Å²) in [6, 6.07) is 82.1. The summed E-state index contributed by atoms with van der Waals surface area (Å²) in [7, 11) is 0. The van der Waals surface area contributed by atoms with Gasteiger partial charge in [-0.05, 0) is 115 Å². The number of rotatable bonds is 7. The maximum absolute atomic E-state index is 5.48. The minimum Gasteiger partial charge on any atom is -0.311 e. The van der Waals surface area contributed by atoms with Crippen molar-refractivity contribution < 1.29 is 0 Å². The fourth-order valence-electron chi connectivity index (χ4n) is 10.6. The van der Waals surface area contributed by atoms with Gasteiger partial charge in [-0.1, -0.05) is 211 Å². The SMILES string of the molecule is CC(C)(C)c1ccc(N2c3cc(-c4ccccc4)ccc3B3c4ccc(-c5ccccc5)cc4N(c4ccc(C(C)(C)C)cc4)c4cc(-c5cc(-c6ccccc6)nc(-c6ccccc6)n5)cc2c43)cc1. The van der Waals surface area contributed by atoms with Gasteiger partial charge in [0.1, 0.15) is 0 Å². The Kier molecular flexibility index (Phi) is 10.7. The molecule has 0 bridgehead atoms. The van der Waals surface area contributed by atoms with Gasteiger partial charge < -0.3 is 9.80 Å². The van der Waals surface area contributed by atoms with Crippen LogP contribution < -0.4 is 26.2 Å². The van der Waals surface area contributed by atoms with Crippen molar-refractivity contribution in [3.63, 3.8) is 0 Å². The number of aromatic nitrogens is 2. The average Bonchev–Trinajstić information content (AvgIpc) is 3.41. The molecule has 0 N–H and O–H groups in total. The van der Waals surface area contributed by atoms with E-state index in [1.54, 1.807) is 0 Å². The normalized spacial score (nSPS) is 12.8. The first-order valence-electron chi connectivity index (χ1n) is 24.8. The zero-order valence-corrected chi connectivity index (χ0v) is 41.2. The van der Waals surface area contributed by atoms with Crippen molar-refractivity contribution in [1.29, 1.82) is 0 Å². The van der Waals surface area contributed by atoms with Crippen molar-refractivity contribution in [2.75, 3.05) is 9.80 Å². The first kappa shape index (κ1) is 44.0. The topological polar surface area (TPSA) is 32.3 Å². The minimum atomic E-state index is -0.0750. The third kappa shape index (κ3) is 8.02. The van der Waals surface area contributed by atoms with E-state index in [9.17, 15) is 0 Å². The van der Waals surface area contributed by atoms with E-state index in [-0.39, 0.29) is 17.5 Å². The molecule has 71 heavy (non-hydrogen) atoms. The summed E-state index contributed by atoms with van der Waals surface area (Å²) in [5.41, 5.74) is 22.6. The van der Waals surface area contributed by atoms with E-state index in [1.807, 2.05) is 6.07 Å². The molecule has 2 aliphatic rings. The van der Waals surface area contributed by atoms with Gasteiger partial charge in [-0.15, -0.1) is 0 Å². The van der Waals surface area contributed by atoms with Crippen LogP contribution in [0.25, 0.3) is 56.2 Å². The van der Waals surface area contributed by atoms with E-state index in [4.69, 9.17) is 9.97 Å². The highest BCUT2D eigenvalue weighted by Crippen LogP contribution is 2.48. The fourth-order valence-corrected chi connectivity index (χ4v) is 10.6. The predicted octanol–water partition coefficient (Wildman–Crippen LogP) is 15.5. The summed E-state index contributed by atoms with van der Waals surface area (Å²) in [6.45, 7) is 13.6. The zero-order chi connectivity index (χ0) is 48.4. The molecular formula is C66H55BN4. The number of hydrogen-bond acceptors (Lipinski definition) is 4. The molecule has 0 radical (unpaired) electrons. The lowest BCUT2D eigenvalue weighted by Crippen LogP contribution is -2.61. The quantitative estimate of drug-likeness (QED) is 0.149. The van der Waals surface area contributed by atoms with Gasteiger partial charge in [-0.3, -0.25) is 0 Å². The Morgan fingerprint density at radius 3 is 1.10 bits per heavy atom. The van der Waals surface area contributed by atoms with Gasteiger partial charge in [-0.25, -0.2) is 9.97 Å². The fraction of sp³-hybridized carbons (Fsp3) is 0.121. The molecule has 12 rings (SSSR count). The lowest BCUT2D eigenvalue weighted by Gasteiger charge is -2.44. The molecule has 3 heterocycles. The standard InChI is InChI=1S/C66H55BN4/c1-65(2,3)51-29-33-53(34-30-51)70-59-39-48(44-19-11-7-12-20-44)27-37-55(59)67-56-38-28-49(45-21-13-8-14-22-45)40-60(56)71(54-35-31-52(32-36-54)66(4,5)6)62-42-50(41-61(70)63(62)67)58-43-57(46-23-15-9-16-24-46)68-64(69-58)47-25-17-10-18-26-47/h7-43H,1-6H3. The smallest absolute Gasteiger partial charge is 0.252 e. The van der Waals surface area contributed by atoms with Gasteiger partial charge in [0.2, 0.25) is 0 Å². The molecule has 9 aromatic carbocycles. The Morgan fingerprint density at radius 2 is 0.690 bits per heavy atom. The lowest BCUT2D eigenvalue weighted by molar-refractivity contribution is 0.590. The number of anilines is 6. The van der Waals surface area contributed by atoms with Crippen molar-refractivity contribution in [1.82, 2.24) is 9.97 Å². The van der Waals surface area contributed by atoms with Gasteiger partial charge in [0, 0.05) is 50.8 Å². The molecule has 0 fully saturated rings. The zero-order valence-electron chi connectivity index (χ0n) is 41.2. The van der Waals surface area contributed by atoms with Crippen LogP contribution in [0.4, 0.5) is 34.1 Å². The summed E-state index contributed by atoms with van der Waals surface area (Å²) < 4.78 is 0. The summed E-state index contributed by atoms with van der Waals surface area (Å²) in [5, 5.41) is 0. The molecule has 0 spiro atoms. The van der Waals surface area contributed by atoms with Crippen molar-refractivity contribution in [3.8, 4) is 56.2 Å². The Labute approximate surface area is 419 Å². The lowest BCUT2D eigenvalue weighted by atomic mass is 9.33. The Balaban J connectivity index is 1.19. The predicted molar refractivity (Wildman–Crippen MR) is 301 cm³/mol. The summed E-state index contributed by atoms with van der Waals surface area (Å²) in [4.78, 5) is 15.8. The Morgan fingerprint density at radius 1 is 0.324 bits per heavy atom. The third-order valence-corrected chi connectivity index (χ3v) is 14.4. The van der Waals surface area contributed by atoms with Crippen LogP contribution in [0.5, 0.6) is 0 Å². The highest BCUT2D eigenvalue weighted by atomic mass is 15.2. The molecule has 342 valence electrons. The minimum absolute atomic E-state index is 0.00567. The number of hydrogen-bond donors (Lipinski definition) is 0. The summed E-state index contributed by atoms with van der Waals surface area (Å²) in [5.74, 6) is 0.686. The Hall–Kier alpha value is -8.28. The number of benzene rings is 9. The molecule has 1 aromatic heterocycles. The highest BCUT2D eigenvalue weighted by molar-refractivity contribution is 7.00. The monoisotopic (exact) mass is 914 g/mol. The van der Waals surface area contributed by atoms with Crippen LogP contribution in [0.15, 0.2) is 224 Å². The molecular weight excluding hydrogens is 860 g/mol. The molecule has 0 amide bonds. The van der Waals surface area contributed by atoms with E-state index < -0.39 is 0 Å². The van der Waals surface area contributed by atoms with Gasteiger partial charge in [0.05, 0.1) is 11.4 Å². The number of nitrogens with zero attached hydrogens (tertiary/aromatic N) is 4. The van der Waals surface area contributed by atoms with E-state index in [0.29, 0.717) is 5.82 Å². The van der Waals surface area contributed by atoms with Gasteiger partial charge in [0.25, 0.3) is 6.71 Å². The molecule has 10 aromatic rings. The van der Waals surface area contributed by atoms with E-state index in [2.05, 4.69) is 270 Å². The second-order valence-corrected chi connectivity index (χ2v) is 21.1. The molecule has 4 nitrogen and oxygen atoms in total. The summed E-state index contributed by atoms with van der Waals surface area (Å²) in [6.07, 6.45) is 0. The Bertz CT molecular complexity index is 3350. The second kappa shape index (κ2) is 17.3. The van der Waals surface area contributed by atoms with Gasteiger partial charge >= 0.3 is 0 Å². The molecule has 0 aliphatic carbocycles. The van der Waals surface area contributed by atoms with Crippen LogP contribution >= 0.6 is 0 Å². The van der Waals surface area contributed by atoms with Crippen LogP contribution in [0.2, 0.25) is 0 Å². The second-order valence-electron chi connectivity index (χ2n) is 21.1.